The number of aryl methyl sites for hydroxylation is 2. The van der Waals surface area contributed by atoms with Crippen LogP contribution in [-0.4, -0.2) is 21.9 Å². The molecule has 0 unspecified atom stereocenters. The van der Waals surface area contributed by atoms with Crippen LogP contribution in [0, 0.1) is 13.8 Å². The van der Waals surface area contributed by atoms with Gasteiger partial charge in [-0.2, -0.15) is 0 Å². The van der Waals surface area contributed by atoms with E-state index in [9.17, 15) is 21.9 Å². The normalized spacial score (nSPS) is 12.3. The lowest BCUT2D eigenvalue weighted by Crippen LogP contribution is -2.21. The summed E-state index contributed by atoms with van der Waals surface area (Å²) >= 11 is 13.1. The lowest BCUT2D eigenvalue weighted by Gasteiger charge is -2.23. The Kier molecular flexibility index (Phi) is 6.38. The van der Waals surface area contributed by atoms with Crippen molar-refractivity contribution < 1.29 is 21.9 Å². The quantitative estimate of drug-likeness (QED) is 0.324. The summed E-state index contributed by atoms with van der Waals surface area (Å²) in [5.74, 6) is -0.255. The maximum atomic E-state index is 13.3. The number of hydrogen-bond acceptors (Lipinski definition) is 5. The third-order valence-corrected chi connectivity index (χ3v) is 8.31. The minimum atomic E-state index is -4.61. The van der Waals surface area contributed by atoms with Crippen molar-refractivity contribution in [3.8, 4) is 28.0 Å². The van der Waals surface area contributed by atoms with Gasteiger partial charge < -0.3 is 5.11 Å². The highest BCUT2D eigenvalue weighted by Gasteiger charge is 2.34. The van der Waals surface area contributed by atoms with Gasteiger partial charge in [-0.15, -0.1) is 0 Å². The molecule has 5 N–H and O–H groups in total. The zero-order valence-corrected chi connectivity index (χ0v) is 21.6. The molecule has 11 heteroatoms. The van der Waals surface area contributed by atoms with Gasteiger partial charge >= 0.3 is 0 Å². The first-order valence-electron chi connectivity index (χ1n) is 10.1. The fourth-order valence-corrected chi connectivity index (χ4v) is 7.02. The Morgan fingerprint density at radius 1 is 0.657 bits per heavy atom. The summed E-state index contributed by atoms with van der Waals surface area (Å²) < 4.78 is 52.6. The molecule has 0 amide bonds. The summed E-state index contributed by atoms with van der Waals surface area (Å²) in [7, 11) is -9.19. The van der Waals surface area contributed by atoms with Gasteiger partial charge in [-0.05, 0) is 60.7 Å². The molecule has 0 aliphatic carbocycles. The number of nitrogens with two attached hydrogens (primary N) is 2. The molecule has 4 aromatic rings. The van der Waals surface area contributed by atoms with Gasteiger partial charge in [0.2, 0.25) is 20.0 Å². The molecule has 0 saturated heterocycles. The van der Waals surface area contributed by atoms with Crippen molar-refractivity contribution in [1.82, 2.24) is 0 Å². The number of hydrogen-bond donors (Lipinski definition) is 3. The first-order valence-corrected chi connectivity index (χ1v) is 14.0. The zero-order valence-electron chi connectivity index (χ0n) is 18.5. The number of benzene rings is 4. The fraction of sp³-hybridized carbons (Fsp3) is 0.0833. The van der Waals surface area contributed by atoms with Crippen molar-refractivity contribution >= 4 is 54.0 Å². The van der Waals surface area contributed by atoms with Gasteiger partial charge in [-0.3, -0.25) is 0 Å². The third kappa shape index (κ3) is 4.40. The second kappa shape index (κ2) is 8.77. The number of primary sulfonamides is 2. The molecule has 0 radical (unpaired) electrons. The molecule has 7 nitrogen and oxygen atoms in total. The van der Waals surface area contributed by atoms with Crippen LogP contribution in [0.1, 0.15) is 11.1 Å². The summed E-state index contributed by atoms with van der Waals surface area (Å²) in [6.45, 7) is 3.38. The monoisotopic (exact) mass is 550 g/mol. The van der Waals surface area contributed by atoms with Crippen molar-refractivity contribution in [2.75, 3.05) is 0 Å². The minimum absolute atomic E-state index is 0.0106. The van der Waals surface area contributed by atoms with Crippen molar-refractivity contribution in [2.24, 2.45) is 10.3 Å². The molecule has 0 spiro atoms. The van der Waals surface area contributed by atoms with E-state index in [1.54, 1.807) is 44.2 Å². The van der Waals surface area contributed by atoms with Crippen LogP contribution in [0.2, 0.25) is 10.0 Å². The van der Waals surface area contributed by atoms with E-state index >= 15 is 0 Å². The molecular weight excluding hydrogens is 531 g/mol. The van der Waals surface area contributed by atoms with Crippen molar-refractivity contribution in [2.45, 2.75) is 23.6 Å². The predicted molar refractivity (Wildman–Crippen MR) is 139 cm³/mol. The first kappa shape index (κ1) is 25.4. The predicted octanol–water partition coefficient (Wildman–Crippen LogP) is 5.10. The van der Waals surface area contributed by atoms with Crippen molar-refractivity contribution in [3.05, 3.63) is 75.8 Å². The van der Waals surface area contributed by atoms with Crippen LogP contribution in [0.4, 0.5) is 0 Å². The molecule has 4 rings (SSSR count). The van der Waals surface area contributed by atoms with E-state index in [4.69, 9.17) is 33.5 Å². The van der Waals surface area contributed by atoms with E-state index in [2.05, 4.69) is 0 Å². The van der Waals surface area contributed by atoms with Crippen LogP contribution in [0.25, 0.3) is 33.0 Å². The summed E-state index contributed by atoms with van der Waals surface area (Å²) in [6, 6.07) is 13.7. The number of sulfonamides is 2. The zero-order chi connectivity index (χ0) is 25.9. The van der Waals surface area contributed by atoms with Gasteiger partial charge in [0.05, 0.1) is 9.79 Å². The molecule has 4 aromatic carbocycles. The van der Waals surface area contributed by atoms with Crippen LogP contribution in [0.3, 0.4) is 0 Å². The molecule has 182 valence electrons. The first-order chi connectivity index (χ1) is 16.2. The molecule has 0 aliphatic heterocycles. The smallest absolute Gasteiger partial charge is 0.239 e. The van der Waals surface area contributed by atoms with E-state index in [0.29, 0.717) is 16.7 Å². The average molecular weight is 551 g/mol. The second-order valence-corrected chi connectivity index (χ2v) is 11.9. The Morgan fingerprint density at radius 3 is 1.60 bits per heavy atom. The highest BCUT2D eigenvalue weighted by Crippen LogP contribution is 2.50. The summed E-state index contributed by atoms with van der Waals surface area (Å²) in [4.78, 5) is -1.02. The number of phenols is 1. The SMILES string of the molecule is Cc1cccc(Cl)c1-c1c(S(N)(=O)=O)c(-c2c(C)cccc2Cl)c2ccc(O)cc2c1S(N)(=O)=O. The molecule has 0 bridgehead atoms. The Morgan fingerprint density at radius 2 is 1.14 bits per heavy atom. The third-order valence-electron chi connectivity index (χ3n) is 5.71. The Hall–Kier alpha value is -2.66. The number of rotatable bonds is 4. The molecule has 0 saturated carbocycles. The topological polar surface area (TPSA) is 141 Å². The summed E-state index contributed by atoms with van der Waals surface area (Å²) in [5.41, 5.74) is 1.34. The van der Waals surface area contributed by atoms with E-state index < -0.39 is 29.8 Å². The number of aromatic hydroxyl groups is 1. The lowest BCUT2D eigenvalue weighted by molar-refractivity contribution is 0.476. The maximum Gasteiger partial charge on any atom is 0.239 e. The van der Waals surface area contributed by atoms with Crippen molar-refractivity contribution in [3.63, 3.8) is 0 Å². The maximum absolute atomic E-state index is 13.3. The van der Waals surface area contributed by atoms with Crippen LogP contribution < -0.4 is 10.3 Å². The van der Waals surface area contributed by atoms with E-state index in [1.807, 2.05) is 0 Å². The average Bonchev–Trinajstić information content (AvgIpc) is 2.71. The highest BCUT2D eigenvalue weighted by molar-refractivity contribution is 7.90. The number of fused-ring (bicyclic) bond motifs is 1. The van der Waals surface area contributed by atoms with Gasteiger partial charge in [-0.1, -0.05) is 47.5 Å². The van der Waals surface area contributed by atoms with Crippen molar-refractivity contribution in [1.29, 1.82) is 0 Å². The highest BCUT2D eigenvalue weighted by atomic mass is 35.5. The molecule has 0 aliphatic rings. The van der Waals surface area contributed by atoms with Crippen LogP contribution in [0.15, 0.2) is 64.4 Å². The number of phenolic OH excluding ortho intramolecular Hbond substituents is 1. The van der Waals surface area contributed by atoms with E-state index in [1.165, 1.54) is 24.3 Å². The molecule has 35 heavy (non-hydrogen) atoms. The van der Waals surface area contributed by atoms with Crippen LogP contribution in [0.5, 0.6) is 5.75 Å². The van der Waals surface area contributed by atoms with Crippen LogP contribution >= 0.6 is 23.2 Å². The Balaban J connectivity index is 2.52. The number of halogens is 2. The van der Waals surface area contributed by atoms with Gasteiger partial charge in [0.1, 0.15) is 5.75 Å². The minimum Gasteiger partial charge on any atom is -0.508 e. The lowest BCUT2D eigenvalue weighted by atomic mass is 9.89. The van der Waals surface area contributed by atoms with E-state index in [0.717, 1.165) is 0 Å². The van der Waals surface area contributed by atoms with E-state index in [-0.39, 0.29) is 43.3 Å². The standard InChI is InChI=1S/C24H20Cl2N2O5S2/c1-12-5-3-7-17(25)19(12)21-15-10-9-14(29)11-16(15)23(34(27,30)31)22(24(21)35(28,32)33)20-13(2)6-4-8-18(20)26/h3-11,29H,1-2H3,(H2,27,30,31)(H2,28,32,33). The largest absolute Gasteiger partial charge is 0.508 e. The molecule has 0 heterocycles. The second-order valence-electron chi connectivity index (χ2n) is 8.09. The molecule has 0 aromatic heterocycles. The summed E-state index contributed by atoms with van der Waals surface area (Å²) in [5, 5.41) is 22.1. The van der Waals surface area contributed by atoms with Gasteiger partial charge in [0.15, 0.2) is 0 Å². The van der Waals surface area contributed by atoms with Gasteiger partial charge in [-0.25, -0.2) is 27.1 Å². The van der Waals surface area contributed by atoms with Gasteiger partial charge in [0.25, 0.3) is 0 Å². The summed E-state index contributed by atoms with van der Waals surface area (Å²) in [6.07, 6.45) is 0. The molecule has 0 fully saturated rings. The fourth-order valence-electron chi connectivity index (χ4n) is 4.38. The molecule has 0 atom stereocenters. The molecular formula is C24H20Cl2N2O5S2. The van der Waals surface area contributed by atoms with Gasteiger partial charge in [0, 0.05) is 37.7 Å². The Bertz CT molecular complexity index is 1710. The van der Waals surface area contributed by atoms with Crippen LogP contribution in [-0.2, 0) is 20.0 Å². The Labute approximate surface area is 213 Å².